The van der Waals surface area contributed by atoms with E-state index in [0.29, 0.717) is 0 Å². The smallest absolute Gasteiger partial charge is 0.0478 e. The summed E-state index contributed by atoms with van der Waals surface area (Å²) >= 11 is 2.35. The van der Waals surface area contributed by atoms with Crippen LogP contribution in [0.3, 0.4) is 0 Å². The number of aryl methyl sites for hydroxylation is 1. The van der Waals surface area contributed by atoms with Gasteiger partial charge in [0.2, 0.25) is 0 Å². The van der Waals surface area contributed by atoms with E-state index in [2.05, 4.69) is 83.4 Å². The molecule has 0 spiro atoms. The molecule has 0 heterocycles. The van der Waals surface area contributed by atoms with E-state index in [9.17, 15) is 0 Å². The molecule has 0 aliphatic rings. The van der Waals surface area contributed by atoms with E-state index in [1.807, 2.05) is 0 Å². The molecule has 1 nitrogen and oxygen atoms in total. The Labute approximate surface area is 116 Å². The molecule has 0 fully saturated rings. The minimum atomic E-state index is 0.879. The first-order valence-corrected chi connectivity index (χ1v) is 6.93. The van der Waals surface area contributed by atoms with Crippen molar-refractivity contribution in [2.75, 3.05) is 5.32 Å². The van der Waals surface area contributed by atoms with Crippen molar-refractivity contribution in [2.24, 2.45) is 0 Å². The van der Waals surface area contributed by atoms with Gasteiger partial charge in [0.1, 0.15) is 0 Å². The third-order valence-electron chi connectivity index (χ3n) is 2.79. The lowest BCUT2D eigenvalue weighted by Crippen LogP contribution is -2.00. The quantitative estimate of drug-likeness (QED) is 0.812. The van der Waals surface area contributed by atoms with Crippen LogP contribution in [0.25, 0.3) is 0 Å². The van der Waals surface area contributed by atoms with Crippen molar-refractivity contribution in [1.29, 1.82) is 0 Å². The summed E-state index contributed by atoms with van der Waals surface area (Å²) in [5.74, 6) is 0. The second-order valence-corrected chi connectivity index (χ2v) is 5.17. The second-order valence-electron chi connectivity index (χ2n) is 4.00. The lowest BCUT2D eigenvalue weighted by molar-refractivity contribution is 1.10. The fraction of sp³-hybridized carbons (Fsp3) is 0.200. The number of halogens is 1. The van der Waals surface area contributed by atoms with Gasteiger partial charge in [-0.1, -0.05) is 43.3 Å². The van der Waals surface area contributed by atoms with Crippen LogP contribution in [-0.4, -0.2) is 0 Å². The van der Waals surface area contributed by atoms with Gasteiger partial charge in [-0.15, -0.1) is 0 Å². The molecular weight excluding hydrogens is 321 g/mol. The Balaban J connectivity index is 2.00. The van der Waals surface area contributed by atoms with E-state index in [0.717, 1.165) is 13.0 Å². The largest absolute Gasteiger partial charge is 0.380 e. The van der Waals surface area contributed by atoms with Gasteiger partial charge in [0.15, 0.2) is 0 Å². The molecular formula is C15H16IN. The predicted octanol–water partition coefficient (Wildman–Crippen LogP) is 4.47. The summed E-state index contributed by atoms with van der Waals surface area (Å²) in [6, 6.07) is 17.1. The van der Waals surface area contributed by atoms with Crippen LogP contribution >= 0.6 is 22.6 Å². The van der Waals surface area contributed by atoms with E-state index >= 15 is 0 Å². The molecule has 2 heteroatoms. The number of benzene rings is 2. The van der Waals surface area contributed by atoms with Gasteiger partial charge in [0.05, 0.1) is 0 Å². The van der Waals surface area contributed by atoms with Crippen LogP contribution in [0.15, 0.2) is 48.5 Å². The van der Waals surface area contributed by atoms with Gasteiger partial charge in [0, 0.05) is 15.8 Å². The van der Waals surface area contributed by atoms with Gasteiger partial charge in [0.25, 0.3) is 0 Å². The summed E-state index contributed by atoms with van der Waals surface area (Å²) in [4.78, 5) is 0. The number of para-hydroxylation sites is 1. The third kappa shape index (κ3) is 3.46. The van der Waals surface area contributed by atoms with Gasteiger partial charge in [-0.05, 0) is 52.3 Å². The Morgan fingerprint density at radius 1 is 0.941 bits per heavy atom. The standard InChI is InChI=1S/C15H16IN/c1-2-12-7-9-13(10-8-12)11-17-15-6-4-3-5-14(15)16/h3-10,17H,2,11H2,1H3. The summed E-state index contributed by atoms with van der Waals surface area (Å²) in [6.07, 6.45) is 1.10. The Kier molecular flexibility index (Phi) is 4.42. The van der Waals surface area contributed by atoms with E-state index < -0.39 is 0 Å². The summed E-state index contributed by atoms with van der Waals surface area (Å²) in [6.45, 7) is 3.06. The molecule has 0 aliphatic heterocycles. The molecule has 0 aromatic heterocycles. The van der Waals surface area contributed by atoms with Crippen molar-refractivity contribution < 1.29 is 0 Å². The topological polar surface area (TPSA) is 12.0 Å². The van der Waals surface area contributed by atoms with Crippen LogP contribution in [0.5, 0.6) is 0 Å². The van der Waals surface area contributed by atoms with Crippen LogP contribution in [0.4, 0.5) is 5.69 Å². The lowest BCUT2D eigenvalue weighted by atomic mass is 10.1. The van der Waals surface area contributed by atoms with Crippen molar-refractivity contribution in [3.63, 3.8) is 0 Å². The van der Waals surface area contributed by atoms with Crippen molar-refractivity contribution in [1.82, 2.24) is 0 Å². The number of hydrogen-bond donors (Lipinski definition) is 1. The first kappa shape index (κ1) is 12.4. The van der Waals surface area contributed by atoms with Gasteiger partial charge in [-0.25, -0.2) is 0 Å². The lowest BCUT2D eigenvalue weighted by Gasteiger charge is -2.08. The van der Waals surface area contributed by atoms with Gasteiger partial charge in [-0.3, -0.25) is 0 Å². The highest BCUT2D eigenvalue weighted by molar-refractivity contribution is 14.1. The molecule has 0 saturated carbocycles. The highest BCUT2D eigenvalue weighted by Gasteiger charge is 1.98. The summed E-state index contributed by atoms with van der Waals surface area (Å²) in [5, 5.41) is 3.46. The van der Waals surface area contributed by atoms with E-state index in [4.69, 9.17) is 0 Å². The van der Waals surface area contributed by atoms with Crippen molar-refractivity contribution in [3.05, 3.63) is 63.2 Å². The van der Waals surface area contributed by atoms with E-state index in [1.54, 1.807) is 0 Å². The third-order valence-corrected chi connectivity index (χ3v) is 3.73. The minimum Gasteiger partial charge on any atom is -0.380 e. The van der Waals surface area contributed by atoms with Crippen LogP contribution in [0.2, 0.25) is 0 Å². The molecule has 0 radical (unpaired) electrons. The first-order chi connectivity index (χ1) is 8.29. The zero-order valence-electron chi connectivity index (χ0n) is 9.91. The molecule has 2 rings (SSSR count). The zero-order chi connectivity index (χ0) is 12.1. The second kappa shape index (κ2) is 6.05. The van der Waals surface area contributed by atoms with Gasteiger partial charge < -0.3 is 5.32 Å². The number of hydrogen-bond acceptors (Lipinski definition) is 1. The number of nitrogens with one attached hydrogen (secondary N) is 1. The number of rotatable bonds is 4. The predicted molar refractivity (Wildman–Crippen MR) is 82.3 cm³/mol. The molecule has 1 N–H and O–H groups in total. The zero-order valence-corrected chi connectivity index (χ0v) is 12.1. The summed E-state index contributed by atoms with van der Waals surface area (Å²) in [5.41, 5.74) is 3.91. The molecule has 0 atom stereocenters. The average molecular weight is 337 g/mol. The molecule has 0 unspecified atom stereocenters. The number of anilines is 1. The molecule has 0 amide bonds. The normalized spacial score (nSPS) is 10.2. The maximum atomic E-state index is 3.46. The fourth-order valence-corrected chi connectivity index (χ4v) is 2.27. The fourth-order valence-electron chi connectivity index (χ4n) is 1.69. The summed E-state index contributed by atoms with van der Waals surface area (Å²) in [7, 11) is 0. The molecule has 2 aromatic rings. The van der Waals surface area contributed by atoms with Crippen molar-refractivity contribution in [3.8, 4) is 0 Å². The first-order valence-electron chi connectivity index (χ1n) is 5.86. The minimum absolute atomic E-state index is 0.879. The Morgan fingerprint density at radius 2 is 1.59 bits per heavy atom. The Bertz CT molecular complexity index is 477. The average Bonchev–Trinajstić information content (AvgIpc) is 2.38. The monoisotopic (exact) mass is 337 g/mol. The Hall–Kier alpha value is -1.03. The van der Waals surface area contributed by atoms with Crippen LogP contribution < -0.4 is 5.32 Å². The highest BCUT2D eigenvalue weighted by Crippen LogP contribution is 2.18. The highest BCUT2D eigenvalue weighted by atomic mass is 127. The van der Waals surface area contributed by atoms with E-state index in [-0.39, 0.29) is 0 Å². The molecule has 2 aromatic carbocycles. The van der Waals surface area contributed by atoms with E-state index in [1.165, 1.54) is 20.4 Å². The van der Waals surface area contributed by atoms with Crippen LogP contribution in [0, 0.1) is 3.57 Å². The van der Waals surface area contributed by atoms with Crippen molar-refractivity contribution >= 4 is 28.3 Å². The van der Waals surface area contributed by atoms with Crippen molar-refractivity contribution in [2.45, 2.75) is 19.9 Å². The van der Waals surface area contributed by atoms with Gasteiger partial charge in [-0.2, -0.15) is 0 Å². The SMILES string of the molecule is CCc1ccc(CNc2ccccc2I)cc1. The maximum absolute atomic E-state index is 3.46. The molecule has 0 bridgehead atoms. The molecule has 88 valence electrons. The van der Waals surface area contributed by atoms with Crippen LogP contribution in [0.1, 0.15) is 18.1 Å². The Morgan fingerprint density at radius 3 is 2.24 bits per heavy atom. The molecule has 0 saturated heterocycles. The molecule has 0 aliphatic carbocycles. The maximum Gasteiger partial charge on any atom is 0.0478 e. The summed E-state index contributed by atoms with van der Waals surface area (Å²) < 4.78 is 1.26. The molecule has 17 heavy (non-hydrogen) atoms. The van der Waals surface area contributed by atoms with Gasteiger partial charge >= 0.3 is 0 Å². The van der Waals surface area contributed by atoms with Crippen LogP contribution in [-0.2, 0) is 13.0 Å².